The highest BCUT2D eigenvalue weighted by Crippen LogP contribution is 2.38. The molecule has 20 heavy (non-hydrogen) atoms. The highest BCUT2D eigenvalue weighted by molar-refractivity contribution is 9.10. The molecule has 0 heterocycles. The third-order valence-electron chi connectivity index (χ3n) is 4.01. The van der Waals surface area contributed by atoms with Gasteiger partial charge in [0.1, 0.15) is 0 Å². The summed E-state index contributed by atoms with van der Waals surface area (Å²) < 4.78 is 0.650. The lowest BCUT2D eigenvalue weighted by atomic mass is 9.84. The number of nitrogens with one attached hydrogen (secondary N) is 1. The molecule has 1 aromatic carbocycles. The molecule has 1 saturated carbocycles. The number of carbonyl (C=O) groups is 2. The Morgan fingerprint density at radius 3 is 2.75 bits per heavy atom. The standard InChI is InChI=1S/C14H17BrN2O3/c1-14(6-2-3-11(14)16)13(20)17-10-5-4-8(15)7-9(10)12(18)19/h4-5,7,11H,2-3,6,16H2,1H3,(H,17,20)(H,18,19). The number of benzene rings is 1. The molecule has 0 aliphatic heterocycles. The van der Waals surface area contributed by atoms with Gasteiger partial charge in [0.2, 0.25) is 5.91 Å². The van der Waals surface area contributed by atoms with Crippen LogP contribution in [0.15, 0.2) is 22.7 Å². The van der Waals surface area contributed by atoms with Crippen LogP contribution in [-0.2, 0) is 4.79 Å². The van der Waals surface area contributed by atoms with E-state index in [1.807, 2.05) is 6.92 Å². The molecule has 0 radical (unpaired) electrons. The first-order valence-electron chi connectivity index (χ1n) is 6.44. The van der Waals surface area contributed by atoms with Crippen LogP contribution in [0.25, 0.3) is 0 Å². The van der Waals surface area contributed by atoms with Gasteiger partial charge < -0.3 is 16.2 Å². The van der Waals surface area contributed by atoms with Crippen LogP contribution in [0, 0.1) is 5.41 Å². The largest absolute Gasteiger partial charge is 0.478 e. The van der Waals surface area contributed by atoms with Gasteiger partial charge in [-0.05, 0) is 38.0 Å². The third kappa shape index (κ3) is 2.71. The van der Waals surface area contributed by atoms with E-state index in [4.69, 9.17) is 5.73 Å². The molecule has 0 saturated heterocycles. The Morgan fingerprint density at radius 1 is 1.50 bits per heavy atom. The zero-order valence-corrected chi connectivity index (χ0v) is 12.7. The number of carboxylic acids is 1. The van der Waals surface area contributed by atoms with Crippen LogP contribution in [0.3, 0.4) is 0 Å². The van der Waals surface area contributed by atoms with Gasteiger partial charge in [0, 0.05) is 10.5 Å². The maximum atomic E-state index is 12.4. The molecular formula is C14H17BrN2O3. The molecule has 1 aromatic rings. The van der Waals surface area contributed by atoms with Gasteiger partial charge in [-0.1, -0.05) is 22.4 Å². The summed E-state index contributed by atoms with van der Waals surface area (Å²) in [5, 5.41) is 11.9. The number of aromatic carboxylic acids is 1. The smallest absolute Gasteiger partial charge is 0.337 e. The summed E-state index contributed by atoms with van der Waals surface area (Å²) in [6.07, 6.45) is 2.45. The van der Waals surface area contributed by atoms with E-state index in [2.05, 4.69) is 21.2 Å². The average Bonchev–Trinajstić information content (AvgIpc) is 2.73. The van der Waals surface area contributed by atoms with Gasteiger partial charge in [0.15, 0.2) is 0 Å². The summed E-state index contributed by atoms with van der Waals surface area (Å²) >= 11 is 3.22. The van der Waals surface area contributed by atoms with Crippen LogP contribution in [0.5, 0.6) is 0 Å². The van der Waals surface area contributed by atoms with E-state index in [1.165, 1.54) is 6.07 Å². The summed E-state index contributed by atoms with van der Waals surface area (Å²) in [6.45, 7) is 1.83. The lowest BCUT2D eigenvalue weighted by Crippen LogP contribution is -2.44. The highest BCUT2D eigenvalue weighted by Gasteiger charge is 2.43. The van der Waals surface area contributed by atoms with Crippen LogP contribution in [0.2, 0.25) is 0 Å². The third-order valence-corrected chi connectivity index (χ3v) is 4.50. The maximum absolute atomic E-state index is 12.4. The second-order valence-corrected chi connectivity index (χ2v) is 6.28. The molecule has 1 fully saturated rings. The first-order valence-corrected chi connectivity index (χ1v) is 7.24. The predicted octanol–water partition coefficient (Wildman–Crippen LogP) is 2.60. The van der Waals surface area contributed by atoms with Crippen molar-refractivity contribution in [3.05, 3.63) is 28.2 Å². The minimum atomic E-state index is -1.08. The maximum Gasteiger partial charge on any atom is 0.337 e. The minimum absolute atomic E-state index is 0.0582. The fourth-order valence-corrected chi connectivity index (χ4v) is 2.90. The minimum Gasteiger partial charge on any atom is -0.478 e. The van der Waals surface area contributed by atoms with E-state index < -0.39 is 11.4 Å². The summed E-state index contributed by atoms with van der Waals surface area (Å²) in [5.74, 6) is -1.30. The van der Waals surface area contributed by atoms with Gasteiger partial charge >= 0.3 is 5.97 Å². The molecule has 1 aliphatic carbocycles. The Kier molecular flexibility index (Phi) is 4.15. The number of carbonyl (C=O) groups excluding carboxylic acids is 1. The Labute approximate surface area is 125 Å². The summed E-state index contributed by atoms with van der Waals surface area (Å²) in [7, 11) is 0. The van der Waals surface area contributed by atoms with Crippen LogP contribution < -0.4 is 11.1 Å². The van der Waals surface area contributed by atoms with Crippen molar-refractivity contribution in [2.45, 2.75) is 32.2 Å². The van der Waals surface area contributed by atoms with Gasteiger partial charge in [-0.25, -0.2) is 4.79 Å². The van der Waals surface area contributed by atoms with Gasteiger partial charge in [0.05, 0.1) is 16.7 Å². The number of carboxylic acid groups (broad SMARTS) is 1. The van der Waals surface area contributed by atoms with E-state index in [1.54, 1.807) is 12.1 Å². The van der Waals surface area contributed by atoms with Crippen molar-refractivity contribution in [1.29, 1.82) is 0 Å². The first-order chi connectivity index (χ1) is 9.34. The molecule has 5 nitrogen and oxygen atoms in total. The molecule has 108 valence electrons. The average molecular weight is 341 g/mol. The first kappa shape index (κ1) is 15.0. The second-order valence-electron chi connectivity index (χ2n) is 5.37. The van der Waals surface area contributed by atoms with Crippen LogP contribution in [-0.4, -0.2) is 23.0 Å². The van der Waals surface area contributed by atoms with E-state index in [0.29, 0.717) is 10.2 Å². The highest BCUT2D eigenvalue weighted by atomic mass is 79.9. The van der Waals surface area contributed by atoms with Crippen molar-refractivity contribution in [3.63, 3.8) is 0 Å². The summed E-state index contributed by atoms with van der Waals surface area (Å²) in [5.41, 5.74) is 5.72. The number of hydrogen-bond donors (Lipinski definition) is 3. The predicted molar refractivity (Wildman–Crippen MR) is 79.7 cm³/mol. The number of anilines is 1. The van der Waals surface area contributed by atoms with Gasteiger partial charge in [0.25, 0.3) is 0 Å². The van der Waals surface area contributed by atoms with Crippen molar-refractivity contribution in [2.24, 2.45) is 11.1 Å². The molecule has 0 spiro atoms. The molecule has 0 aromatic heterocycles. The van der Waals surface area contributed by atoms with Crippen LogP contribution in [0.4, 0.5) is 5.69 Å². The number of nitrogens with two attached hydrogens (primary N) is 1. The zero-order valence-electron chi connectivity index (χ0n) is 11.1. The van der Waals surface area contributed by atoms with Crippen molar-refractivity contribution in [2.75, 3.05) is 5.32 Å². The number of hydrogen-bond acceptors (Lipinski definition) is 3. The van der Waals surface area contributed by atoms with E-state index in [0.717, 1.165) is 19.3 Å². The lowest BCUT2D eigenvalue weighted by molar-refractivity contribution is -0.125. The molecule has 1 amide bonds. The Balaban J connectivity index is 2.26. The molecule has 2 atom stereocenters. The van der Waals surface area contributed by atoms with Crippen molar-refractivity contribution in [3.8, 4) is 0 Å². The molecular weight excluding hydrogens is 324 g/mol. The molecule has 4 N–H and O–H groups in total. The monoisotopic (exact) mass is 340 g/mol. The topological polar surface area (TPSA) is 92.4 Å². The number of amides is 1. The quantitative estimate of drug-likeness (QED) is 0.788. The van der Waals surface area contributed by atoms with Gasteiger partial charge in [-0.3, -0.25) is 4.79 Å². The van der Waals surface area contributed by atoms with Crippen molar-refractivity contribution < 1.29 is 14.7 Å². The molecule has 2 rings (SSSR count). The van der Waals surface area contributed by atoms with E-state index >= 15 is 0 Å². The van der Waals surface area contributed by atoms with Gasteiger partial charge in [-0.2, -0.15) is 0 Å². The van der Waals surface area contributed by atoms with Crippen LogP contribution >= 0.6 is 15.9 Å². The second kappa shape index (κ2) is 5.54. The number of rotatable bonds is 3. The zero-order chi connectivity index (χ0) is 14.9. The summed E-state index contributed by atoms with van der Waals surface area (Å²) in [6, 6.07) is 4.55. The molecule has 2 unspecified atom stereocenters. The Bertz CT molecular complexity index is 561. The van der Waals surface area contributed by atoms with Crippen molar-refractivity contribution >= 4 is 33.5 Å². The van der Waals surface area contributed by atoms with E-state index in [9.17, 15) is 14.7 Å². The van der Waals surface area contributed by atoms with Gasteiger partial charge in [-0.15, -0.1) is 0 Å². The Morgan fingerprint density at radius 2 is 2.20 bits per heavy atom. The lowest BCUT2D eigenvalue weighted by Gasteiger charge is -2.27. The fourth-order valence-electron chi connectivity index (χ4n) is 2.54. The summed E-state index contributed by atoms with van der Waals surface area (Å²) in [4.78, 5) is 23.6. The number of halogens is 1. The normalized spacial score (nSPS) is 25.4. The molecule has 6 heteroatoms. The molecule has 0 bridgehead atoms. The Hall–Kier alpha value is -1.40. The van der Waals surface area contributed by atoms with Crippen molar-refractivity contribution in [1.82, 2.24) is 0 Å². The SMILES string of the molecule is CC1(C(=O)Nc2ccc(Br)cc2C(=O)O)CCCC1N. The molecule has 1 aliphatic rings. The van der Waals surface area contributed by atoms with E-state index in [-0.39, 0.29) is 17.5 Å². The van der Waals surface area contributed by atoms with Crippen LogP contribution in [0.1, 0.15) is 36.5 Å². The fraction of sp³-hybridized carbons (Fsp3) is 0.429.